The van der Waals surface area contributed by atoms with Crippen molar-refractivity contribution in [3.05, 3.63) is 29.1 Å². The Morgan fingerprint density at radius 3 is 1.93 bits per heavy atom. The number of hydrogen-bond donors (Lipinski definition) is 0. The number of nitrogens with zero attached hydrogens (tertiary/aromatic N) is 3. The Morgan fingerprint density at radius 1 is 1.07 bits per heavy atom. The van der Waals surface area contributed by atoms with Gasteiger partial charge in [0, 0.05) is 25.5 Å². The molecule has 0 aliphatic carbocycles. The van der Waals surface area contributed by atoms with E-state index in [9.17, 15) is 0 Å². The Kier molecular flexibility index (Phi) is 4.68. The van der Waals surface area contributed by atoms with Gasteiger partial charge in [0.05, 0.1) is 11.4 Å². The highest BCUT2D eigenvalue weighted by Crippen LogP contribution is 2.02. The Hall–Kier alpha value is -1.51. The first kappa shape index (κ1) is 11.6. The lowest BCUT2D eigenvalue weighted by Gasteiger charge is -1.98. The van der Waals surface area contributed by atoms with Crippen molar-refractivity contribution in [2.24, 2.45) is 9.98 Å². The summed E-state index contributed by atoms with van der Waals surface area (Å²) in [6.45, 7) is 7.63. The zero-order chi connectivity index (χ0) is 11.1. The molecule has 0 radical (unpaired) electrons. The van der Waals surface area contributed by atoms with Gasteiger partial charge in [0.2, 0.25) is 0 Å². The molecule has 15 heavy (non-hydrogen) atoms. The molecule has 1 aromatic rings. The van der Waals surface area contributed by atoms with Crippen LogP contribution in [-0.4, -0.2) is 30.5 Å². The fourth-order valence-electron chi connectivity index (χ4n) is 1.22. The first-order valence-electron chi connectivity index (χ1n) is 5.24. The van der Waals surface area contributed by atoms with Gasteiger partial charge in [-0.1, -0.05) is 0 Å². The lowest BCUT2D eigenvalue weighted by molar-refractivity contribution is 1.12. The van der Waals surface area contributed by atoms with Gasteiger partial charge < -0.3 is 0 Å². The molecule has 0 aliphatic rings. The standard InChI is InChI=1S/C12H17N3/c1-4-13-8-11-6-10(3)7-12(15-11)9-14-5-2/h6-9H,4-5H2,1-3H3. The van der Waals surface area contributed by atoms with E-state index in [1.165, 1.54) is 5.56 Å². The molecule has 0 aliphatic heterocycles. The van der Waals surface area contributed by atoms with Crippen molar-refractivity contribution in [3.63, 3.8) is 0 Å². The molecule has 3 heteroatoms. The van der Waals surface area contributed by atoms with Gasteiger partial charge in [-0.15, -0.1) is 0 Å². The van der Waals surface area contributed by atoms with Crippen LogP contribution in [0.15, 0.2) is 22.1 Å². The van der Waals surface area contributed by atoms with Crippen molar-refractivity contribution in [2.45, 2.75) is 20.8 Å². The van der Waals surface area contributed by atoms with E-state index in [4.69, 9.17) is 0 Å². The summed E-state index contributed by atoms with van der Waals surface area (Å²) in [5.41, 5.74) is 2.98. The average Bonchev–Trinajstić information content (AvgIpc) is 2.23. The largest absolute Gasteiger partial charge is 0.291 e. The van der Waals surface area contributed by atoms with Crippen LogP contribution in [0.4, 0.5) is 0 Å². The minimum atomic E-state index is 0.786. The van der Waals surface area contributed by atoms with Crippen LogP contribution in [-0.2, 0) is 0 Å². The van der Waals surface area contributed by atoms with Crippen LogP contribution in [0, 0.1) is 6.92 Å². The third kappa shape index (κ3) is 4.02. The van der Waals surface area contributed by atoms with Crippen molar-refractivity contribution < 1.29 is 0 Å². The summed E-state index contributed by atoms with van der Waals surface area (Å²) in [6, 6.07) is 4.03. The van der Waals surface area contributed by atoms with Gasteiger partial charge in [0.1, 0.15) is 0 Å². The fraction of sp³-hybridized carbons (Fsp3) is 0.417. The molecule has 1 heterocycles. The molecule has 0 spiro atoms. The summed E-state index contributed by atoms with van der Waals surface area (Å²) in [4.78, 5) is 12.8. The fourth-order valence-corrected chi connectivity index (χ4v) is 1.22. The number of aryl methyl sites for hydroxylation is 1. The molecule has 0 N–H and O–H groups in total. The lowest BCUT2D eigenvalue weighted by atomic mass is 10.2. The first-order valence-corrected chi connectivity index (χ1v) is 5.24. The van der Waals surface area contributed by atoms with Crippen LogP contribution in [0.5, 0.6) is 0 Å². The molecule has 0 aromatic carbocycles. The second-order valence-electron chi connectivity index (χ2n) is 3.25. The van der Waals surface area contributed by atoms with Crippen LogP contribution in [0.25, 0.3) is 0 Å². The topological polar surface area (TPSA) is 37.6 Å². The summed E-state index contributed by atoms with van der Waals surface area (Å²) in [5, 5.41) is 0. The van der Waals surface area contributed by atoms with Crippen molar-refractivity contribution in [2.75, 3.05) is 13.1 Å². The first-order chi connectivity index (χ1) is 7.26. The zero-order valence-corrected chi connectivity index (χ0v) is 9.57. The van der Waals surface area contributed by atoms with E-state index >= 15 is 0 Å². The van der Waals surface area contributed by atoms with Gasteiger partial charge in [-0.2, -0.15) is 0 Å². The molecule has 0 saturated heterocycles. The Balaban J connectivity index is 2.94. The highest BCUT2D eigenvalue weighted by molar-refractivity contribution is 5.82. The monoisotopic (exact) mass is 203 g/mol. The van der Waals surface area contributed by atoms with Crippen LogP contribution in [0.1, 0.15) is 30.8 Å². The van der Waals surface area contributed by atoms with E-state index < -0.39 is 0 Å². The van der Waals surface area contributed by atoms with Crippen molar-refractivity contribution >= 4 is 12.4 Å². The van der Waals surface area contributed by atoms with Gasteiger partial charge in [-0.3, -0.25) is 9.98 Å². The molecule has 0 atom stereocenters. The molecule has 0 fully saturated rings. The molecule has 80 valence electrons. The number of aromatic nitrogens is 1. The Bertz CT molecular complexity index is 335. The SMILES string of the molecule is CCN=Cc1cc(C)cc(C=NCC)n1. The summed E-state index contributed by atoms with van der Waals surface area (Å²) < 4.78 is 0. The zero-order valence-electron chi connectivity index (χ0n) is 9.57. The van der Waals surface area contributed by atoms with E-state index in [0.717, 1.165) is 24.5 Å². The molecular weight excluding hydrogens is 186 g/mol. The highest BCUT2D eigenvalue weighted by atomic mass is 14.8. The van der Waals surface area contributed by atoms with Gasteiger partial charge >= 0.3 is 0 Å². The molecule has 0 bridgehead atoms. The predicted molar refractivity (Wildman–Crippen MR) is 65.2 cm³/mol. The molecular formula is C12H17N3. The van der Waals surface area contributed by atoms with Gasteiger partial charge in [-0.05, 0) is 38.5 Å². The van der Waals surface area contributed by atoms with Crippen molar-refractivity contribution in [1.29, 1.82) is 0 Å². The van der Waals surface area contributed by atoms with Crippen LogP contribution in [0.3, 0.4) is 0 Å². The maximum atomic E-state index is 4.41. The average molecular weight is 203 g/mol. The Morgan fingerprint density at radius 2 is 1.53 bits per heavy atom. The maximum absolute atomic E-state index is 4.41. The maximum Gasteiger partial charge on any atom is 0.0818 e. The minimum Gasteiger partial charge on any atom is -0.291 e. The quantitative estimate of drug-likeness (QED) is 0.692. The normalized spacial score (nSPS) is 11.7. The molecule has 0 amide bonds. The van der Waals surface area contributed by atoms with E-state index in [2.05, 4.69) is 15.0 Å². The summed E-state index contributed by atoms with van der Waals surface area (Å²) >= 11 is 0. The molecule has 0 unspecified atom stereocenters. The third-order valence-corrected chi connectivity index (χ3v) is 1.82. The smallest absolute Gasteiger partial charge is 0.0818 e. The lowest BCUT2D eigenvalue weighted by Crippen LogP contribution is -1.96. The van der Waals surface area contributed by atoms with E-state index in [0.29, 0.717) is 0 Å². The van der Waals surface area contributed by atoms with Gasteiger partial charge in [-0.25, -0.2) is 4.98 Å². The molecule has 1 rings (SSSR count). The molecule has 3 nitrogen and oxygen atoms in total. The van der Waals surface area contributed by atoms with Crippen LogP contribution < -0.4 is 0 Å². The summed E-state index contributed by atoms with van der Waals surface area (Å²) in [6.07, 6.45) is 3.60. The number of pyridine rings is 1. The van der Waals surface area contributed by atoms with Gasteiger partial charge in [0.15, 0.2) is 0 Å². The molecule has 1 aromatic heterocycles. The summed E-state index contributed by atoms with van der Waals surface area (Å²) in [5.74, 6) is 0. The number of aliphatic imine (C=N–C) groups is 2. The van der Waals surface area contributed by atoms with Crippen LogP contribution >= 0.6 is 0 Å². The second-order valence-corrected chi connectivity index (χ2v) is 3.25. The predicted octanol–water partition coefficient (Wildman–Crippen LogP) is 2.27. The van der Waals surface area contributed by atoms with E-state index in [1.54, 1.807) is 12.4 Å². The number of hydrogen-bond acceptors (Lipinski definition) is 3. The second kappa shape index (κ2) is 6.06. The van der Waals surface area contributed by atoms with Gasteiger partial charge in [0.25, 0.3) is 0 Å². The van der Waals surface area contributed by atoms with Crippen molar-refractivity contribution in [1.82, 2.24) is 4.98 Å². The third-order valence-electron chi connectivity index (χ3n) is 1.82. The van der Waals surface area contributed by atoms with E-state index in [1.807, 2.05) is 32.9 Å². The van der Waals surface area contributed by atoms with Crippen molar-refractivity contribution in [3.8, 4) is 0 Å². The van der Waals surface area contributed by atoms with E-state index in [-0.39, 0.29) is 0 Å². The highest BCUT2D eigenvalue weighted by Gasteiger charge is 1.95. The van der Waals surface area contributed by atoms with Crippen LogP contribution in [0.2, 0.25) is 0 Å². The summed E-state index contributed by atoms with van der Waals surface area (Å²) in [7, 11) is 0. The Labute approximate surface area is 91.0 Å². The number of rotatable bonds is 4. The molecule has 0 saturated carbocycles. The minimum absolute atomic E-state index is 0.786.